The molecule has 0 aliphatic carbocycles. The maximum atomic E-state index is 11.4. The zero-order valence-corrected chi connectivity index (χ0v) is 8.30. The van der Waals surface area contributed by atoms with Crippen LogP contribution in [0.3, 0.4) is 0 Å². The summed E-state index contributed by atoms with van der Waals surface area (Å²) < 4.78 is 0. The smallest absolute Gasteiger partial charge is 0.308 e. The van der Waals surface area contributed by atoms with Gasteiger partial charge in [0, 0.05) is 24.5 Å². The zero-order chi connectivity index (χ0) is 11.3. The van der Waals surface area contributed by atoms with Gasteiger partial charge in [0.15, 0.2) is 0 Å². The molecule has 1 atom stereocenters. The molecule has 0 fully saturated rings. The lowest BCUT2D eigenvalue weighted by Gasteiger charge is -2.07. The van der Waals surface area contributed by atoms with Gasteiger partial charge >= 0.3 is 5.97 Å². The molecule has 0 radical (unpaired) electrons. The number of aliphatic carboxylic acids is 1. The normalized spacial score (nSPS) is 11.8. The Morgan fingerprint density at radius 1 is 1.47 bits per heavy atom. The summed E-state index contributed by atoms with van der Waals surface area (Å²) in [6.07, 6.45) is 3.02. The highest BCUT2D eigenvalue weighted by Gasteiger charge is 2.12. The maximum Gasteiger partial charge on any atom is 0.308 e. The van der Waals surface area contributed by atoms with Gasteiger partial charge in [-0.15, -0.1) is 0 Å². The third-order valence-electron chi connectivity index (χ3n) is 1.93. The van der Waals surface area contributed by atoms with Gasteiger partial charge in [-0.3, -0.25) is 14.6 Å². The molecule has 0 spiro atoms. The third kappa shape index (κ3) is 3.38. The van der Waals surface area contributed by atoms with Crippen LogP contribution in [0, 0.1) is 5.92 Å². The molecule has 0 saturated heterocycles. The van der Waals surface area contributed by atoms with E-state index in [1.54, 1.807) is 12.1 Å². The first-order valence-electron chi connectivity index (χ1n) is 4.52. The van der Waals surface area contributed by atoms with Crippen molar-refractivity contribution in [3.63, 3.8) is 0 Å². The van der Waals surface area contributed by atoms with Crippen LogP contribution in [0.2, 0.25) is 0 Å². The molecule has 0 aliphatic heterocycles. The number of rotatable bonds is 4. The summed E-state index contributed by atoms with van der Waals surface area (Å²) in [5, 5.41) is 11.1. The molecule has 5 nitrogen and oxygen atoms in total. The lowest BCUT2D eigenvalue weighted by atomic mass is 10.2. The number of aromatic nitrogens is 1. The standard InChI is InChI=1S/C10H12N2O3/c1-7(10(14)15)6-12-9(13)8-2-4-11-5-3-8/h2-5,7H,6H2,1H3,(H,12,13)(H,14,15). The largest absolute Gasteiger partial charge is 0.481 e. The average Bonchev–Trinajstić information content (AvgIpc) is 2.26. The van der Waals surface area contributed by atoms with Gasteiger partial charge in [-0.25, -0.2) is 0 Å². The molecule has 2 N–H and O–H groups in total. The fraction of sp³-hybridized carbons (Fsp3) is 0.300. The Bertz CT molecular complexity index is 351. The van der Waals surface area contributed by atoms with Crippen LogP contribution in [0.4, 0.5) is 0 Å². The van der Waals surface area contributed by atoms with Crippen LogP contribution in [0.25, 0.3) is 0 Å². The van der Waals surface area contributed by atoms with Gasteiger partial charge in [0.1, 0.15) is 0 Å². The monoisotopic (exact) mass is 208 g/mol. The van der Waals surface area contributed by atoms with E-state index in [0.717, 1.165) is 0 Å². The summed E-state index contributed by atoms with van der Waals surface area (Å²) in [5.74, 6) is -1.80. The number of carbonyl (C=O) groups is 2. The number of hydrogen-bond donors (Lipinski definition) is 2. The Balaban J connectivity index is 2.47. The molecule has 15 heavy (non-hydrogen) atoms. The Labute approximate surface area is 87.1 Å². The van der Waals surface area contributed by atoms with Crippen molar-refractivity contribution in [3.05, 3.63) is 30.1 Å². The highest BCUT2D eigenvalue weighted by molar-refractivity contribution is 5.94. The Morgan fingerprint density at radius 2 is 2.07 bits per heavy atom. The molecular weight excluding hydrogens is 196 g/mol. The number of nitrogens with zero attached hydrogens (tertiary/aromatic N) is 1. The summed E-state index contributed by atoms with van der Waals surface area (Å²) in [6, 6.07) is 3.14. The van der Waals surface area contributed by atoms with Crippen molar-refractivity contribution in [1.82, 2.24) is 10.3 Å². The van der Waals surface area contributed by atoms with Crippen molar-refractivity contribution in [2.24, 2.45) is 5.92 Å². The van der Waals surface area contributed by atoms with E-state index in [-0.39, 0.29) is 12.5 Å². The van der Waals surface area contributed by atoms with Crippen molar-refractivity contribution in [2.45, 2.75) is 6.92 Å². The molecular formula is C10H12N2O3. The molecule has 1 aromatic heterocycles. The molecule has 0 bridgehead atoms. The fourth-order valence-corrected chi connectivity index (χ4v) is 0.938. The van der Waals surface area contributed by atoms with Gasteiger partial charge in [0.2, 0.25) is 0 Å². The predicted molar refractivity (Wildman–Crippen MR) is 53.4 cm³/mol. The highest BCUT2D eigenvalue weighted by Crippen LogP contribution is 1.97. The van der Waals surface area contributed by atoms with E-state index >= 15 is 0 Å². The van der Waals surface area contributed by atoms with E-state index in [2.05, 4.69) is 10.3 Å². The SMILES string of the molecule is CC(CNC(=O)c1ccncc1)C(=O)O. The highest BCUT2D eigenvalue weighted by atomic mass is 16.4. The first-order chi connectivity index (χ1) is 7.11. The number of nitrogens with one attached hydrogen (secondary N) is 1. The van der Waals surface area contributed by atoms with Crippen LogP contribution >= 0.6 is 0 Å². The summed E-state index contributed by atoms with van der Waals surface area (Å²) in [6.45, 7) is 1.66. The molecule has 0 aliphatic rings. The second kappa shape index (κ2) is 5.09. The van der Waals surface area contributed by atoms with Crippen molar-refractivity contribution >= 4 is 11.9 Å². The molecule has 0 saturated carbocycles. The summed E-state index contributed by atoms with van der Waals surface area (Å²) in [7, 11) is 0. The third-order valence-corrected chi connectivity index (χ3v) is 1.93. The topological polar surface area (TPSA) is 79.3 Å². The Kier molecular flexibility index (Phi) is 3.79. The fourth-order valence-electron chi connectivity index (χ4n) is 0.938. The van der Waals surface area contributed by atoms with Gasteiger partial charge in [0.25, 0.3) is 5.91 Å². The number of amides is 1. The molecule has 1 rings (SSSR count). The zero-order valence-electron chi connectivity index (χ0n) is 8.30. The van der Waals surface area contributed by atoms with Crippen molar-refractivity contribution in [1.29, 1.82) is 0 Å². The van der Waals surface area contributed by atoms with Gasteiger partial charge in [0.05, 0.1) is 5.92 Å². The minimum Gasteiger partial charge on any atom is -0.481 e. The minimum absolute atomic E-state index is 0.122. The molecule has 1 aromatic rings. The van der Waals surface area contributed by atoms with E-state index in [4.69, 9.17) is 5.11 Å². The number of carbonyl (C=O) groups excluding carboxylic acids is 1. The summed E-state index contributed by atoms with van der Waals surface area (Å²) >= 11 is 0. The van der Waals surface area contributed by atoms with E-state index in [0.29, 0.717) is 5.56 Å². The second-order valence-electron chi connectivity index (χ2n) is 3.19. The number of carboxylic acids is 1. The molecule has 80 valence electrons. The number of pyridine rings is 1. The van der Waals surface area contributed by atoms with Crippen molar-refractivity contribution < 1.29 is 14.7 Å². The van der Waals surface area contributed by atoms with Gasteiger partial charge in [-0.1, -0.05) is 6.92 Å². The van der Waals surface area contributed by atoms with E-state index in [1.807, 2.05) is 0 Å². The summed E-state index contributed by atoms with van der Waals surface area (Å²) in [4.78, 5) is 25.7. The Hall–Kier alpha value is -1.91. The maximum absolute atomic E-state index is 11.4. The Morgan fingerprint density at radius 3 is 2.60 bits per heavy atom. The molecule has 0 aromatic carbocycles. The van der Waals surface area contributed by atoms with Crippen LogP contribution in [0.15, 0.2) is 24.5 Å². The summed E-state index contributed by atoms with van der Waals surface area (Å²) in [5.41, 5.74) is 0.475. The minimum atomic E-state index is -0.926. The van der Waals surface area contributed by atoms with Crippen LogP contribution in [0.1, 0.15) is 17.3 Å². The van der Waals surface area contributed by atoms with Crippen LogP contribution < -0.4 is 5.32 Å². The second-order valence-corrected chi connectivity index (χ2v) is 3.19. The van der Waals surface area contributed by atoms with Crippen molar-refractivity contribution in [3.8, 4) is 0 Å². The van der Waals surface area contributed by atoms with E-state index < -0.39 is 11.9 Å². The predicted octanol–water partition coefficient (Wildman–Crippen LogP) is 0.532. The van der Waals surface area contributed by atoms with Crippen molar-refractivity contribution in [2.75, 3.05) is 6.54 Å². The lowest BCUT2D eigenvalue weighted by molar-refractivity contribution is -0.140. The molecule has 1 amide bonds. The lowest BCUT2D eigenvalue weighted by Crippen LogP contribution is -2.31. The number of carboxylic acid groups (broad SMARTS) is 1. The van der Waals surface area contributed by atoms with Crippen LogP contribution in [0.5, 0.6) is 0 Å². The van der Waals surface area contributed by atoms with Crippen LogP contribution in [-0.2, 0) is 4.79 Å². The first-order valence-corrected chi connectivity index (χ1v) is 4.52. The van der Waals surface area contributed by atoms with Gasteiger partial charge in [-0.2, -0.15) is 0 Å². The van der Waals surface area contributed by atoms with Gasteiger partial charge in [-0.05, 0) is 12.1 Å². The van der Waals surface area contributed by atoms with E-state index in [9.17, 15) is 9.59 Å². The molecule has 1 unspecified atom stereocenters. The molecule has 5 heteroatoms. The number of hydrogen-bond acceptors (Lipinski definition) is 3. The van der Waals surface area contributed by atoms with E-state index in [1.165, 1.54) is 19.3 Å². The van der Waals surface area contributed by atoms with Crippen LogP contribution in [-0.4, -0.2) is 28.5 Å². The molecule has 1 heterocycles. The quantitative estimate of drug-likeness (QED) is 0.756. The van der Waals surface area contributed by atoms with Gasteiger partial charge < -0.3 is 10.4 Å². The average molecular weight is 208 g/mol. The first kappa shape index (κ1) is 11.2.